The van der Waals surface area contributed by atoms with Crippen LogP contribution in [0.15, 0.2) is 37.5 Å². The highest BCUT2D eigenvalue weighted by molar-refractivity contribution is 4.94. The van der Waals surface area contributed by atoms with Crippen molar-refractivity contribution in [1.82, 2.24) is 4.90 Å². The summed E-state index contributed by atoms with van der Waals surface area (Å²) in [6.07, 6.45) is 9.89. The molecule has 0 aliphatic rings. The van der Waals surface area contributed by atoms with Gasteiger partial charge >= 0.3 is 0 Å². The van der Waals surface area contributed by atoms with Crippen molar-refractivity contribution >= 4 is 0 Å². The average Bonchev–Trinajstić information content (AvgIpc) is 2.31. The van der Waals surface area contributed by atoms with Crippen LogP contribution in [0, 0.1) is 0 Å². The zero-order valence-electron chi connectivity index (χ0n) is 12.0. The zero-order valence-corrected chi connectivity index (χ0v) is 12.0. The van der Waals surface area contributed by atoms with Crippen LogP contribution in [0.5, 0.6) is 0 Å². The molecule has 1 nitrogen and oxygen atoms in total. The fourth-order valence-corrected chi connectivity index (χ4v) is 0.941. The molecule has 0 radical (unpaired) electrons. The minimum atomic E-state index is 1.11. The van der Waals surface area contributed by atoms with E-state index < -0.39 is 0 Å². The van der Waals surface area contributed by atoms with Gasteiger partial charge in [-0.15, -0.1) is 6.58 Å². The summed E-state index contributed by atoms with van der Waals surface area (Å²) in [6.45, 7) is 17.6. The molecule has 0 saturated heterocycles. The summed E-state index contributed by atoms with van der Waals surface area (Å²) in [5, 5.41) is 0. The first-order valence-corrected chi connectivity index (χ1v) is 6.26. The van der Waals surface area contributed by atoms with Gasteiger partial charge < -0.3 is 4.90 Å². The first-order chi connectivity index (χ1) is 7.72. The SMILES string of the molecule is C=C/C=C\C.C=CCCN(C)CCC.CC. The first-order valence-electron chi connectivity index (χ1n) is 6.26. The molecule has 0 aliphatic heterocycles. The summed E-state index contributed by atoms with van der Waals surface area (Å²) in [4.78, 5) is 2.32. The quantitative estimate of drug-likeness (QED) is 0.468. The monoisotopic (exact) mass is 225 g/mol. The number of rotatable bonds is 6. The summed E-state index contributed by atoms with van der Waals surface area (Å²) in [6, 6.07) is 0. The van der Waals surface area contributed by atoms with E-state index in [2.05, 4.69) is 32.0 Å². The predicted octanol–water partition coefficient (Wildman–Crippen LogP) is 4.68. The number of allylic oxidation sites excluding steroid dienone is 3. The summed E-state index contributed by atoms with van der Waals surface area (Å²) >= 11 is 0. The van der Waals surface area contributed by atoms with E-state index in [0.717, 1.165) is 13.0 Å². The second-order valence-corrected chi connectivity index (χ2v) is 3.14. The Hall–Kier alpha value is -0.820. The summed E-state index contributed by atoms with van der Waals surface area (Å²) in [5.74, 6) is 0. The molecule has 0 rings (SSSR count). The molecule has 0 spiro atoms. The third-order valence-electron chi connectivity index (χ3n) is 1.65. The highest BCUT2D eigenvalue weighted by atomic mass is 15.1. The van der Waals surface area contributed by atoms with Crippen molar-refractivity contribution in [2.45, 2.75) is 40.5 Å². The lowest BCUT2D eigenvalue weighted by Gasteiger charge is -2.12. The van der Waals surface area contributed by atoms with E-state index in [1.165, 1.54) is 13.0 Å². The molecule has 0 aromatic heterocycles. The van der Waals surface area contributed by atoms with Gasteiger partial charge in [0.25, 0.3) is 0 Å². The Morgan fingerprint density at radius 3 is 1.94 bits per heavy atom. The molecule has 0 aromatic rings. The van der Waals surface area contributed by atoms with E-state index in [1.807, 2.05) is 39.0 Å². The second-order valence-electron chi connectivity index (χ2n) is 3.14. The van der Waals surface area contributed by atoms with Gasteiger partial charge in [-0.05, 0) is 33.4 Å². The summed E-state index contributed by atoms with van der Waals surface area (Å²) < 4.78 is 0. The number of hydrogen-bond acceptors (Lipinski definition) is 1. The minimum Gasteiger partial charge on any atom is -0.306 e. The molecule has 0 aliphatic carbocycles. The molecule has 1 heteroatoms. The highest BCUT2D eigenvalue weighted by Crippen LogP contribution is 1.88. The van der Waals surface area contributed by atoms with Crippen molar-refractivity contribution in [2.24, 2.45) is 0 Å². The lowest BCUT2D eigenvalue weighted by atomic mass is 10.3. The van der Waals surface area contributed by atoms with Gasteiger partial charge in [0.2, 0.25) is 0 Å². The van der Waals surface area contributed by atoms with Gasteiger partial charge in [-0.2, -0.15) is 0 Å². The van der Waals surface area contributed by atoms with Crippen molar-refractivity contribution in [2.75, 3.05) is 20.1 Å². The Balaban J connectivity index is -0.000000205. The number of nitrogens with zero attached hydrogens (tertiary/aromatic N) is 1. The van der Waals surface area contributed by atoms with Crippen LogP contribution < -0.4 is 0 Å². The lowest BCUT2D eigenvalue weighted by Crippen LogP contribution is -2.19. The molecule has 0 atom stereocenters. The maximum absolute atomic E-state index is 3.67. The Morgan fingerprint density at radius 2 is 1.69 bits per heavy atom. The first kappa shape index (κ1) is 20.6. The highest BCUT2D eigenvalue weighted by Gasteiger charge is 1.91. The van der Waals surface area contributed by atoms with Gasteiger partial charge in [0.1, 0.15) is 0 Å². The van der Waals surface area contributed by atoms with Crippen LogP contribution in [-0.2, 0) is 0 Å². The molecule has 0 fully saturated rings. The van der Waals surface area contributed by atoms with E-state index in [4.69, 9.17) is 0 Å². The standard InChI is InChI=1S/C8H17N.C5H8.C2H6/c1-4-6-8-9(3)7-5-2;1-3-5-4-2;1-2/h4H,1,5-8H2,2-3H3;3-5H,1H2,2H3;1-2H3/b;5-4-;. The lowest BCUT2D eigenvalue weighted by molar-refractivity contribution is 0.341. The Bertz CT molecular complexity index is 148. The van der Waals surface area contributed by atoms with Gasteiger partial charge in [-0.25, -0.2) is 0 Å². The maximum Gasteiger partial charge on any atom is 0.00127 e. The van der Waals surface area contributed by atoms with Crippen molar-refractivity contribution in [3.8, 4) is 0 Å². The fraction of sp³-hybridized carbons (Fsp3) is 0.600. The van der Waals surface area contributed by atoms with Crippen LogP contribution in [0.3, 0.4) is 0 Å². The van der Waals surface area contributed by atoms with Crippen molar-refractivity contribution in [1.29, 1.82) is 0 Å². The fourth-order valence-electron chi connectivity index (χ4n) is 0.941. The molecule has 0 aromatic carbocycles. The van der Waals surface area contributed by atoms with Crippen LogP contribution in [-0.4, -0.2) is 25.0 Å². The van der Waals surface area contributed by atoms with Gasteiger partial charge in [-0.1, -0.05) is 51.7 Å². The van der Waals surface area contributed by atoms with E-state index in [9.17, 15) is 0 Å². The third-order valence-corrected chi connectivity index (χ3v) is 1.65. The molecule has 16 heavy (non-hydrogen) atoms. The van der Waals surface area contributed by atoms with Gasteiger partial charge in [0.15, 0.2) is 0 Å². The largest absolute Gasteiger partial charge is 0.306 e. The van der Waals surface area contributed by atoms with E-state index in [1.54, 1.807) is 6.08 Å². The van der Waals surface area contributed by atoms with Gasteiger partial charge in [0, 0.05) is 6.54 Å². The smallest absolute Gasteiger partial charge is 0.00127 e. The molecule has 0 N–H and O–H groups in total. The van der Waals surface area contributed by atoms with E-state index >= 15 is 0 Å². The Kier molecular flexibility index (Phi) is 30.6. The van der Waals surface area contributed by atoms with Crippen LogP contribution in [0.2, 0.25) is 0 Å². The molecular weight excluding hydrogens is 194 g/mol. The Labute approximate surface area is 104 Å². The van der Waals surface area contributed by atoms with Crippen LogP contribution in [0.25, 0.3) is 0 Å². The third kappa shape index (κ3) is 29.2. The van der Waals surface area contributed by atoms with Gasteiger partial charge in [0.05, 0.1) is 0 Å². The topological polar surface area (TPSA) is 3.24 Å². The van der Waals surface area contributed by atoms with Crippen molar-refractivity contribution in [3.63, 3.8) is 0 Å². The molecule has 96 valence electrons. The van der Waals surface area contributed by atoms with E-state index in [0.29, 0.717) is 0 Å². The van der Waals surface area contributed by atoms with Crippen molar-refractivity contribution < 1.29 is 0 Å². The normalized spacial score (nSPS) is 8.88. The zero-order chi connectivity index (χ0) is 13.2. The number of hydrogen-bond donors (Lipinski definition) is 0. The average molecular weight is 225 g/mol. The molecule has 0 unspecified atom stereocenters. The molecule has 0 heterocycles. The van der Waals surface area contributed by atoms with Crippen molar-refractivity contribution in [3.05, 3.63) is 37.5 Å². The molecular formula is C15H31N. The molecule has 0 bridgehead atoms. The maximum atomic E-state index is 3.67. The molecule has 0 saturated carbocycles. The predicted molar refractivity (Wildman–Crippen MR) is 79.0 cm³/mol. The van der Waals surface area contributed by atoms with E-state index in [-0.39, 0.29) is 0 Å². The second kappa shape index (κ2) is 23.8. The van der Waals surface area contributed by atoms with Gasteiger partial charge in [-0.3, -0.25) is 0 Å². The summed E-state index contributed by atoms with van der Waals surface area (Å²) in [7, 11) is 2.15. The van der Waals surface area contributed by atoms with Crippen LogP contribution >= 0.6 is 0 Å². The molecule has 0 amide bonds. The van der Waals surface area contributed by atoms with Crippen LogP contribution in [0.1, 0.15) is 40.5 Å². The Morgan fingerprint density at radius 1 is 1.12 bits per heavy atom. The summed E-state index contributed by atoms with van der Waals surface area (Å²) in [5.41, 5.74) is 0. The minimum absolute atomic E-state index is 1.11. The van der Waals surface area contributed by atoms with Crippen LogP contribution in [0.4, 0.5) is 0 Å².